The smallest absolute Gasteiger partial charge is 0.147 e. The summed E-state index contributed by atoms with van der Waals surface area (Å²) in [5.41, 5.74) is 9.17. The number of aryl methyl sites for hydroxylation is 1. The number of nitriles is 1. The van der Waals surface area contributed by atoms with Gasteiger partial charge in [0.25, 0.3) is 0 Å². The van der Waals surface area contributed by atoms with Crippen LogP contribution in [0.3, 0.4) is 0 Å². The van der Waals surface area contributed by atoms with Crippen LogP contribution >= 0.6 is 11.6 Å². The van der Waals surface area contributed by atoms with Crippen LogP contribution in [0.15, 0.2) is 30.3 Å². The minimum absolute atomic E-state index is 0.235. The zero-order valence-electron chi connectivity index (χ0n) is 9.24. The van der Waals surface area contributed by atoms with Crippen molar-refractivity contribution in [2.45, 2.75) is 6.92 Å². The molecule has 17 heavy (non-hydrogen) atoms. The maximum absolute atomic E-state index is 9.11. The van der Waals surface area contributed by atoms with Crippen LogP contribution in [0.2, 0.25) is 5.15 Å². The maximum Gasteiger partial charge on any atom is 0.147 e. The lowest BCUT2D eigenvalue weighted by Crippen LogP contribution is -1.92. The van der Waals surface area contributed by atoms with Crippen molar-refractivity contribution in [1.82, 2.24) is 4.98 Å². The third-order valence-electron chi connectivity index (χ3n) is 2.44. The molecule has 0 unspecified atom stereocenters. The Bertz CT molecular complexity index is 597. The summed E-state index contributed by atoms with van der Waals surface area (Å²) in [6.07, 6.45) is 0. The molecule has 4 heteroatoms. The first-order valence-electron chi connectivity index (χ1n) is 5.05. The minimum atomic E-state index is 0.235. The van der Waals surface area contributed by atoms with Crippen molar-refractivity contribution in [2.24, 2.45) is 0 Å². The van der Waals surface area contributed by atoms with Gasteiger partial charge in [-0.2, -0.15) is 5.26 Å². The Labute approximate surface area is 104 Å². The summed E-state index contributed by atoms with van der Waals surface area (Å²) in [5.74, 6) is 0. The molecule has 1 heterocycles. The molecule has 0 atom stereocenters. The summed E-state index contributed by atoms with van der Waals surface area (Å²) in [6.45, 7) is 1.84. The molecular weight excluding hydrogens is 234 g/mol. The predicted octanol–water partition coefficient (Wildman–Crippen LogP) is 3.16. The Morgan fingerprint density at radius 3 is 2.53 bits per heavy atom. The zero-order valence-corrected chi connectivity index (χ0v) is 9.99. The Balaban J connectivity index is 2.66. The van der Waals surface area contributed by atoms with Gasteiger partial charge in [-0.3, -0.25) is 0 Å². The van der Waals surface area contributed by atoms with Gasteiger partial charge in [0.2, 0.25) is 0 Å². The fourth-order valence-electron chi connectivity index (χ4n) is 1.63. The molecule has 0 aliphatic heterocycles. The van der Waals surface area contributed by atoms with Gasteiger partial charge in [-0.15, -0.1) is 0 Å². The number of nitrogen functional groups attached to an aromatic ring is 1. The number of halogens is 1. The number of anilines is 1. The first kappa shape index (κ1) is 11.4. The van der Waals surface area contributed by atoms with E-state index >= 15 is 0 Å². The van der Waals surface area contributed by atoms with Crippen molar-refractivity contribution in [3.8, 4) is 17.2 Å². The molecule has 84 valence electrons. The van der Waals surface area contributed by atoms with Crippen molar-refractivity contribution in [2.75, 3.05) is 5.73 Å². The second-order valence-corrected chi connectivity index (χ2v) is 4.07. The van der Waals surface area contributed by atoms with Gasteiger partial charge in [0.15, 0.2) is 0 Å². The van der Waals surface area contributed by atoms with Gasteiger partial charge in [0.05, 0.1) is 5.56 Å². The van der Waals surface area contributed by atoms with Crippen LogP contribution in [-0.2, 0) is 0 Å². The van der Waals surface area contributed by atoms with Crippen molar-refractivity contribution >= 4 is 17.3 Å². The van der Waals surface area contributed by atoms with E-state index in [2.05, 4.69) is 11.1 Å². The molecule has 3 nitrogen and oxygen atoms in total. The lowest BCUT2D eigenvalue weighted by Gasteiger charge is -2.07. The van der Waals surface area contributed by atoms with Gasteiger partial charge in [-0.05, 0) is 30.7 Å². The quantitative estimate of drug-likeness (QED) is 0.618. The highest BCUT2D eigenvalue weighted by molar-refractivity contribution is 6.31. The van der Waals surface area contributed by atoms with E-state index in [0.717, 1.165) is 16.8 Å². The summed E-state index contributed by atoms with van der Waals surface area (Å²) in [6, 6.07) is 11.2. The minimum Gasteiger partial charge on any atom is -0.399 e. The molecule has 0 aliphatic rings. The van der Waals surface area contributed by atoms with E-state index < -0.39 is 0 Å². The summed E-state index contributed by atoms with van der Waals surface area (Å²) < 4.78 is 0. The Hall–Kier alpha value is -2.05. The number of hydrogen-bond acceptors (Lipinski definition) is 3. The average Bonchev–Trinajstić information content (AvgIpc) is 2.29. The fraction of sp³-hybridized carbons (Fsp3) is 0.0769. The molecule has 0 radical (unpaired) electrons. The number of nitrogens with two attached hydrogens (primary N) is 1. The molecule has 1 aromatic heterocycles. The largest absolute Gasteiger partial charge is 0.399 e. The van der Waals surface area contributed by atoms with E-state index in [1.165, 1.54) is 0 Å². The SMILES string of the molecule is Cc1cc(-c2ccc(N)cc2)c(C#N)c(Cl)n1. The molecule has 0 bridgehead atoms. The number of nitrogens with zero attached hydrogens (tertiary/aromatic N) is 2. The molecule has 2 rings (SSSR count). The summed E-state index contributed by atoms with van der Waals surface area (Å²) in [5, 5.41) is 9.34. The van der Waals surface area contributed by atoms with Crippen LogP contribution in [0.1, 0.15) is 11.3 Å². The normalized spacial score (nSPS) is 9.94. The van der Waals surface area contributed by atoms with Crippen molar-refractivity contribution < 1.29 is 0 Å². The van der Waals surface area contributed by atoms with Gasteiger partial charge in [0, 0.05) is 16.9 Å². The number of aromatic nitrogens is 1. The van der Waals surface area contributed by atoms with Crippen LogP contribution in [0.25, 0.3) is 11.1 Å². The van der Waals surface area contributed by atoms with Gasteiger partial charge < -0.3 is 5.73 Å². The van der Waals surface area contributed by atoms with E-state index in [0.29, 0.717) is 11.3 Å². The summed E-state index contributed by atoms with van der Waals surface area (Å²) in [4.78, 5) is 4.07. The second kappa shape index (κ2) is 4.44. The highest BCUT2D eigenvalue weighted by atomic mass is 35.5. The standard InChI is InChI=1S/C13H10ClN3/c1-8-6-11(12(7-15)13(14)17-8)9-2-4-10(16)5-3-9/h2-6H,16H2,1H3. The van der Waals surface area contributed by atoms with E-state index in [4.69, 9.17) is 22.6 Å². The van der Waals surface area contributed by atoms with Gasteiger partial charge in [0.1, 0.15) is 11.2 Å². The third-order valence-corrected chi connectivity index (χ3v) is 2.71. The van der Waals surface area contributed by atoms with Crippen LogP contribution in [0, 0.1) is 18.3 Å². The lowest BCUT2D eigenvalue weighted by atomic mass is 10.0. The van der Waals surface area contributed by atoms with E-state index in [1.807, 2.05) is 25.1 Å². The molecule has 0 saturated carbocycles. The number of hydrogen-bond donors (Lipinski definition) is 1. The third kappa shape index (κ3) is 2.22. The molecule has 1 aromatic carbocycles. The molecule has 2 aromatic rings. The van der Waals surface area contributed by atoms with E-state index in [1.54, 1.807) is 12.1 Å². The summed E-state index contributed by atoms with van der Waals surface area (Å²) >= 11 is 5.96. The van der Waals surface area contributed by atoms with Crippen LogP contribution in [0.4, 0.5) is 5.69 Å². The Kier molecular flexibility index (Phi) is 2.99. The number of benzene rings is 1. The maximum atomic E-state index is 9.11. The molecule has 0 amide bonds. The van der Waals surface area contributed by atoms with Gasteiger partial charge in [-0.25, -0.2) is 4.98 Å². The fourth-order valence-corrected chi connectivity index (χ4v) is 1.91. The highest BCUT2D eigenvalue weighted by Crippen LogP contribution is 2.28. The van der Waals surface area contributed by atoms with E-state index in [9.17, 15) is 0 Å². The van der Waals surface area contributed by atoms with Crippen LogP contribution < -0.4 is 5.73 Å². The first-order chi connectivity index (χ1) is 8.11. The Morgan fingerprint density at radius 1 is 1.29 bits per heavy atom. The number of rotatable bonds is 1. The highest BCUT2D eigenvalue weighted by Gasteiger charge is 2.11. The number of pyridine rings is 1. The van der Waals surface area contributed by atoms with Crippen LogP contribution in [0.5, 0.6) is 0 Å². The Morgan fingerprint density at radius 2 is 1.94 bits per heavy atom. The average molecular weight is 244 g/mol. The summed E-state index contributed by atoms with van der Waals surface area (Å²) in [7, 11) is 0. The van der Waals surface area contributed by atoms with Crippen molar-refractivity contribution in [3.63, 3.8) is 0 Å². The first-order valence-corrected chi connectivity index (χ1v) is 5.43. The molecule has 2 N–H and O–H groups in total. The molecule has 0 saturated heterocycles. The monoisotopic (exact) mass is 243 g/mol. The van der Waals surface area contributed by atoms with Crippen LogP contribution in [-0.4, -0.2) is 4.98 Å². The zero-order chi connectivity index (χ0) is 12.4. The van der Waals surface area contributed by atoms with Gasteiger partial charge >= 0.3 is 0 Å². The second-order valence-electron chi connectivity index (χ2n) is 3.71. The molecule has 0 fully saturated rings. The molecular formula is C13H10ClN3. The van der Waals surface area contributed by atoms with Crippen molar-refractivity contribution in [1.29, 1.82) is 5.26 Å². The topological polar surface area (TPSA) is 62.7 Å². The molecule has 0 spiro atoms. The van der Waals surface area contributed by atoms with Crippen molar-refractivity contribution in [3.05, 3.63) is 46.7 Å². The lowest BCUT2D eigenvalue weighted by molar-refractivity contribution is 1.19. The van der Waals surface area contributed by atoms with Gasteiger partial charge in [-0.1, -0.05) is 23.7 Å². The molecule has 0 aliphatic carbocycles. The van der Waals surface area contributed by atoms with E-state index in [-0.39, 0.29) is 5.15 Å². The predicted molar refractivity (Wildman–Crippen MR) is 68.5 cm³/mol.